The minimum atomic E-state index is -0.991. The third kappa shape index (κ3) is 3.31. The second kappa shape index (κ2) is 6.48. The van der Waals surface area contributed by atoms with E-state index in [-0.39, 0.29) is 18.1 Å². The van der Waals surface area contributed by atoms with Crippen molar-refractivity contribution in [2.75, 3.05) is 6.54 Å². The zero-order chi connectivity index (χ0) is 16.2. The van der Waals surface area contributed by atoms with Crippen molar-refractivity contribution < 1.29 is 14.7 Å². The molecule has 2 amide bonds. The smallest absolute Gasteiger partial charge is 0.336 e. The van der Waals surface area contributed by atoms with Crippen LogP contribution < -0.4 is 5.32 Å². The van der Waals surface area contributed by atoms with E-state index in [4.69, 9.17) is 0 Å². The normalized spacial score (nSPS) is 13.3. The van der Waals surface area contributed by atoms with Crippen molar-refractivity contribution in [2.45, 2.75) is 19.5 Å². The minimum absolute atomic E-state index is 0.195. The number of rotatable bonds is 3. The van der Waals surface area contributed by atoms with Crippen LogP contribution in [0.15, 0.2) is 42.6 Å². The fourth-order valence-corrected chi connectivity index (χ4v) is 2.70. The number of aromatic nitrogens is 1. The van der Waals surface area contributed by atoms with Crippen LogP contribution in [0.4, 0.5) is 4.79 Å². The van der Waals surface area contributed by atoms with Crippen molar-refractivity contribution in [2.24, 2.45) is 0 Å². The molecule has 0 unspecified atom stereocenters. The zero-order valence-corrected chi connectivity index (χ0v) is 12.5. The molecule has 6 nitrogen and oxygen atoms in total. The van der Waals surface area contributed by atoms with Crippen LogP contribution in [0.3, 0.4) is 0 Å². The maximum atomic E-state index is 12.3. The molecule has 2 heterocycles. The van der Waals surface area contributed by atoms with Gasteiger partial charge in [0.05, 0.1) is 12.1 Å². The lowest BCUT2D eigenvalue weighted by atomic mass is 10.0. The average molecular weight is 311 g/mol. The van der Waals surface area contributed by atoms with Gasteiger partial charge in [0.15, 0.2) is 0 Å². The fraction of sp³-hybridized carbons (Fsp3) is 0.235. The molecule has 0 radical (unpaired) electrons. The lowest BCUT2D eigenvalue weighted by molar-refractivity contribution is 0.0693. The summed E-state index contributed by atoms with van der Waals surface area (Å²) in [6.45, 7) is 1.25. The Labute approximate surface area is 133 Å². The van der Waals surface area contributed by atoms with Gasteiger partial charge in [0.2, 0.25) is 0 Å². The second-order valence-corrected chi connectivity index (χ2v) is 5.40. The lowest BCUT2D eigenvalue weighted by Crippen LogP contribution is -2.43. The first-order valence-electron chi connectivity index (χ1n) is 7.42. The Balaban J connectivity index is 1.69. The molecule has 118 valence electrons. The summed E-state index contributed by atoms with van der Waals surface area (Å²) in [7, 11) is 0. The van der Waals surface area contributed by atoms with Gasteiger partial charge in [-0.1, -0.05) is 30.3 Å². The summed E-state index contributed by atoms with van der Waals surface area (Å²) in [6.07, 6.45) is 2.07. The number of pyridine rings is 1. The summed E-state index contributed by atoms with van der Waals surface area (Å²) in [5, 5.41) is 12.1. The number of hydrogen-bond acceptors (Lipinski definition) is 3. The van der Waals surface area contributed by atoms with Gasteiger partial charge in [-0.2, -0.15) is 0 Å². The number of nitrogens with zero attached hydrogens (tertiary/aromatic N) is 2. The van der Waals surface area contributed by atoms with E-state index < -0.39 is 5.97 Å². The molecule has 1 aliphatic rings. The molecule has 1 aliphatic heterocycles. The van der Waals surface area contributed by atoms with Gasteiger partial charge in [-0.25, -0.2) is 9.59 Å². The number of carboxylic acids is 1. The Kier molecular flexibility index (Phi) is 4.23. The Morgan fingerprint density at radius 1 is 1.22 bits per heavy atom. The predicted molar refractivity (Wildman–Crippen MR) is 84.0 cm³/mol. The molecule has 0 bridgehead atoms. The van der Waals surface area contributed by atoms with Crippen molar-refractivity contribution in [3.05, 3.63) is 65.0 Å². The molecular formula is C17H17N3O3. The Morgan fingerprint density at radius 2 is 2.00 bits per heavy atom. The van der Waals surface area contributed by atoms with Crippen LogP contribution in [0.5, 0.6) is 0 Å². The quantitative estimate of drug-likeness (QED) is 0.909. The highest BCUT2D eigenvalue weighted by atomic mass is 16.4. The number of fused-ring (bicyclic) bond motifs is 1. The van der Waals surface area contributed by atoms with Gasteiger partial charge in [-0.05, 0) is 11.6 Å². The van der Waals surface area contributed by atoms with Gasteiger partial charge < -0.3 is 15.3 Å². The molecule has 3 rings (SSSR count). The number of carbonyl (C=O) groups is 2. The van der Waals surface area contributed by atoms with Gasteiger partial charge in [-0.3, -0.25) is 4.98 Å². The lowest BCUT2D eigenvalue weighted by Gasteiger charge is -2.29. The summed E-state index contributed by atoms with van der Waals surface area (Å²) < 4.78 is 0. The number of carboxylic acid groups (broad SMARTS) is 1. The van der Waals surface area contributed by atoms with Crippen LogP contribution in [-0.4, -0.2) is 33.5 Å². The summed E-state index contributed by atoms with van der Waals surface area (Å²) in [6, 6.07) is 10.9. The van der Waals surface area contributed by atoms with E-state index in [1.54, 1.807) is 4.90 Å². The Morgan fingerprint density at radius 3 is 2.74 bits per heavy atom. The Bertz CT molecular complexity index is 731. The van der Waals surface area contributed by atoms with Crippen LogP contribution in [0.25, 0.3) is 0 Å². The summed E-state index contributed by atoms with van der Waals surface area (Å²) >= 11 is 0. The molecular weight excluding hydrogens is 294 g/mol. The number of benzene rings is 1. The van der Waals surface area contributed by atoms with Crippen molar-refractivity contribution in [1.29, 1.82) is 0 Å². The van der Waals surface area contributed by atoms with E-state index >= 15 is 0 Å². The maximum Gasteiger partial charge on any atom is 0.336 e. The van der Waals surface area contributed by atoms with Gasteiger partial charge in [-0.15, -0.1) is 0 Å². The van der Waals surface area contributed by atoms with Crippen LogP contribution in [0.2, 0.25) is 0 Å². The minimum Gasteiger partial charge on any atom is -0.478 e. The zero-order valence-electron chi connectivity index (χ0n) is 12.5. The SMILES string of the molecule is O=C(O)c1ccnc2c1CN(C(=O)NCc1ccccc1)CC2. The molecule has 0 aliphatic carbocycles. The number of urea groups is 1. The number of carbonyl (C=O) groups excluding carboxylic acids is 1. The van der Waals surface area contributed by atoms with Gasteiger partial charge in [0.1, 0.15) is 0 Å². The molecule has 0 atom stereocenters. The van der Waals surface area contributed by atoms with Crippen molar-refractivity contribution >= 4 is 12.0 Å². The molecule has 1 aromatic heterocycles. The standard InChI is InChI=1S/C17H17N3O3/c21-16(22)13-6-8-18-15-7-9-20(11-14(13)15)17(23)19-10-12-4-2-1-3-5-12/h1-6,8H,7,9-11H2,(H,19,23)(H,21,22). The molecule has 0 saturated carbocycles. The molecule has 23 heavy (non-hydrogen) atoms. The summed E-state index contributed by atoms with van der Waals surface area (Å²) in [5.41, 5.74) is 2.62. The van der Waals surface area contributed by atoms with Crippen molar-refractivity contribution in [3.63, 3.8) is 0 Å². The molecule has 0 saturated heterocycles. The first-order chi connectivity index (χ1) is 11.1. The van der Waals surface area contributed by atoms with E-state index in [0.717, 1.165) is 11.3 Å². The monoisotopic (exact) mass is 311 g/mol. The van der Waals surface area contributed by atoms with Crippen molar-refractivity contribution in [1.82, 2.24) is 15.2 Å². The van der Waals surface area contributed by atoms with Crippen LogP contribution >= 0.6 is 0 Å². The van der Waals surface area contributed by atoms with Gasteiger partial charge >= 0.3 is 12.0 Å². The van der Waals surface area contributed by atoms with Crippen molar-refractivity contribution in [3.8, 4) is 0 Å². The summed E-state index contributed by atoms with van der Waals surface area (Å²) in [4.78, 5) is 29.5. The highest BCUT2D eigenvalue weighted by Crippen LogP contribution is 2.21. The first-order valence-corrected chi connectivity index (χ1v) is 7.42. The van der Waals surface area contributed by atoms with E-state index in [9.17, 15) is 14.7 Å². The number of hydrogen-bond donors (Lipinski definition) is 2. The first kappa shape index (κ1) is 15.0. The van der Waals surface area contributed by atoms with Crippen LogP contribution in [0, 0.1) is 0 Å². The van der Waals surface area contributed by atoms with Crippen LogP contribution in [0.1, 0.15) is 27.2 Å². The highest BCUT2D eigenvalue weighted by Gasteiger charge is 2.25. The van der Waals surface area contributed by atoms with Gasteiger partial charge in [0, 0.05) is 37.0 Å². The third-order valence-corrected chi connectivity index (χ3v) is 3.92. The topological polar surface area (TPSA) is 82.5 Å². The fourth-order valence-electron chi connectivity index (χ4n) is 2.70. The number of nitrogens with one attached hydrogen (secondary N) is 1. The molecule has 0 fully saturated rings. The highest BCUT2D eigenvalue weighted by molar-refractivity contribution is 5.89. The average Bonchev–Trinajstić information content (AvgIpc) is 2.59. The third-order valence-electron chi connectivity index (χ3n) is 3.92. The largest absolute Gasteiger partial charge is 0.478 e. The number of amides is 2. The van der Waals surface area contributed by atoms with Crippen LogP contribution in [-0.2, 0) is 19.5 Å². The summed E-state index contributed by atoms with van der Waals surface area (Å²) in [5.74, 6) is -0.991. The molecule has 6 heteroatoms. The molecule has 2 N–H and O–H groups in total. The van der Waals surface area contributed by atoms with E-state index in [1.807, 2.05) is 30.3 Å². The second-order valence-electron chi connectivity index (χ2n) is 5.40. The number of aromatic carboxylic acids is 1. The molecule has 2 aromatic rings. The molecule has 1 aromatic carbocycles. The van der Waals surface area contributed by atoms with E-state index in [2.05, 4.69) is 10.3 Å². The Hall–Kier alpha value is -2.89. The maximum absolute atomic E-state index is 12.3. The van der Waals surface area contributed by atoms with E-state index in [1.165, 1.54) is 12.3 Å². The predicted octanol–water partition coefficient (Wildman–Crippen LogP) is 2.05. The van der Waals surface area contributed by atoms with E-state index in [0.29, 0.717) is 25.1 Å². The van der Waals surface area contributed by atoms with Gasteiger partial charge in [0.25, 0.3) is 0 Å². The molecule has 0 spiro atoms.